The Morgan fingerprint density at radius 1 is 1.06 bits per heavy atom. The average Bonchev–Trinajstić information content (AvgIpc) is 3.44. The maximum Gasteiger partial charge on any atom is 0.247 e. The van der Waals surface area contributed by atoms with Crippen molar-refractivity contribution < 1.29 is 9.18 Å². The number of carbonyl (C=O) groups is 1. The Balaban J connectivity index is 1.34. The molecule has 2 fully saturated rings. The first-order valence-electron chi connectivity index (χ1n) is 11.3. The molecule has 5 rings (SSSR count). The number of halogens is 1. The number of hydrazone groups is 1. The van der Waals surface area contributed by atoms with Crippen LogP contribution in [0.1, 0.15) is 43.2 Å². The van der Waals surface area contributed by atoms with Crippen molar-refractivity contribution in [3.8, 4) is 0 Å². The Kier molecular flexibility index (Phi) is 5.66. The Labute approximate surface area is 182 Å². The fourth-order valence-electron chi connectivity index (χ4n) is 4.94. The van der Waals surface area contributed by atoms with Gasteiger partial charge in [0, 0.05) is 37.8 Å². The standard InChI is InChI=1S/C24H28FN5O/c25-13-19-15-29(16-19)24(31)22-12-21(28-30(22)23-14-26-9-10-27-23)20-7-5-18(6-8-20)11-17-3-1-2-4-17/h5-10,14,17,19,22H,1-4,11-13,15-16H2. The van der Waals surface area contributed by atoms with Crippen molar-refractivity contribution in [3.63, 3.8) is 0 Å². The zero-order valence-corrected chi connectivity index (χ0v) is 17.7. The first-order chi connectivity index (χ1) is 15.2. The van der Waals surface area contributed by atoms with Gasteiger partial charge in [0.1, 0.15) is 6.04 Å². The van der Waals surface area contributed by atoms with Crippen LogP contribution in [-0.2, 0) is 11.2 Å². The minimum Gasteiger partial charge on any atom is -0.340 e. The van der Waals surface area contributed by atoms with Crippen molar-refractivity contribution in [2.24, 2.45) is 16.9 Å². The van der Waals surface area contributed by atoms with Crippen molar-refractivity contribution in [2.75, 3.05) is 24.8 Å². The second-order valence-corrected chi connectivity index (χ2v) is 8.99. The minimum atomic E-state index is -0.467. The third-order valence-corrected chi connectivity index (χ3v) is 6.75. The van der Waals surface area contributed by atoms with Crippen molar-refractivity contribution >= 4 is 17.4 Å². The van der Waals surface area contributed by atoms with E-state index in [9.17, 15) is 9.18 Å². The molecule has 162 valence electrons. The van der Waals surface area contributed by atoms with Gasteiger partial charge in [-0.3, -0.25) is 14.2 Å². The highest BCUT2D eigenvalue weighted by Crippen LogP contribution is 2.30. The lowest BCUT2D eigenvalue weighted by molar-refractivity contribution is -0.139. The highest BCUT2D eigenvalue weighted by Gasteiger charge is 2.41. The fourth-order valence-corrected chi connectivity index (χ4v) is 4.94. The molecule has 3 heterocycles. The number of hydrogen-bond donors (Lipinski definition) is 0. The van der Waals surface area contributed by atoms with Gasteiger partial charge in [0.2, 0.25) is 5.91 Å². The van der Waals surface area contributed by atoms with E-state index in [2.05, 4.69) is 34.2 Å². The largest absolute Gasteiger partial charge is 0.340 e. The van der Waals surface area contributed by atoms with Crippen LogP contribution < -0.4 is 5.01 Å². The van der Waals surface area contributed by atoms with Crippen LogP contribution in [0.5, 0.6) is 0 Å². The number of hydrogen-bond acceptors (Lipinski definition) is 5. The van der Waals surface area contributed by atoms with Crippen molar-refractivity contribution in [1.29, 1.82) is 0 Å². The molecule has 1 aromatic carbocycles. The minimum absolute atomic E-state index is 0.0213. The predicted molar refractivity (Wildman–Crippen MR) is 118 cm³/mol. The Bertz CT molecular complexity index is 936. The lowest BCUT2D eigenvalue weighted by atomic mass is 9.95. The van der Waals surface area contributed by atoms with E-state index >= 15 is 0 Å². The summed E-state index contributed by atoms with van der Waals surface area (Å²) < 4.78 is 12.8. The van der Waals surface area contributed by atoms with Gasteiger partial charge in [-0.05, 0) is 23.5 Å². The van der Waals surface area contributed by atoms with E-state index in [1.165, 1.54) is 31.2 Å². The van der Waals surface area contributed by atoms with Crippen LogP contribution in [-0.4, -0.2) is 52.3 Å². The smallest absolute Gasteiger partial charge is 0.247 e. The Morgan fingerprint density at radius 3 is 2.52 bits per heavy atom. The van der Waals surface area contributed by atoms with Crippen LogP contribution >= 0.6 is 0 Å². The molecule has 6 nitrogen and oxygen atoms in total. The predicted octanol–water partition coefficient (Wildman–Crippen LogP) is 3.62. The quantitative estimate of drug-likeness (QED) is 0.715. The molecule has 3 aliphatic rings. The molecule has 1 atom stereocenters. The summed E-state index contributed by atoms with van der Waals surface area (Å²) in [6.07, 6.45) is 11.9. The van der Waals surface area contributed by atoms with Gasteiger partial charge in [0.25, 0.3) is 0 Å². The summed E-state index contributed by atoms with van der Waals surface area (Å²) in [5.41, 5.74) is 3.27. The number of aromatic nitrogens is 2. The van der Waals surface area contributed by atoms with Crippen molar-refractivity contribution in [3.05, 3.63) is 54.0 Å². The second-order valence-electron chi connectivity index (χ2n) is 8.99. The molecule has 1 saturated carbocycles. The number of amides is 1. The summed E-state index contributed by atoms with van der Waals surface area (Å²) in [6.45, 7) is 0.577. The van der Waals surface area contributed by atoms with Crippen LogP contribution in [0.4, 0.5) is 10.2 Å². The zero-order valence-electron chi connectivity index (χ0n) is 17.7. The van der Waals surface area contributed by atoms with Gasteiger partial charge < -0.3 is 4.90 Å². The number of benzene rings is 1. The molecule has 1 saturated heterocycles. The van der Waals surface area contributed by atoms with Crippen LogP contribution in [0.3, 0.4) is 0 Å². The fraction of sp³-hybridized carbons (Fsp3) is 0.500. The van der Waals surface area contributed by atoms with E-state index in [0.717, 1.165) is 23.6 Å². The molecule has 7 heteroatoms. The third-order valence-electron chi connectivity index (χ3n) is 6.75. The molecule has 1 aliphatic carbocycles. The van der Waals surface area contributed by atoms with Crippen LogP contribution in [0.15, 0.2) is 48.0 Å². The van der Waals surface area contributed by atoms with Gasteiger partial charge >= 0.3 is 0 Å². The van der Waals surface area contributed by atoms with Crippen molar-refractivity contribution in [1.82, 2.24) is 14.9 Å². The van der Waals surface area contributed by atoms with Gasteiger partial charge in [0.05, 0.1) is 18.6 Å². The molecule has 1 unspecified atom stereocenters. The van der Waals surface area contributed by atoms with Gasteiger partial charge in [-0.1, -0.05) is 49.9 Å². The average molecular weight is 422 g/mol. The number of likely N-dealkylation sites (tertiary alicyclic amines) is 1. The molecule has 0 N–H and O–H groups in total. The molecule has 1 aromatic heterocycles. The van der Waals surface area contributed by atoms with Gasteiger partial charge in [0.15, 0.2) is 5.82 Å². The SMILES string of the molecule is O=C(C1CC(c2ccc(CC3CCCC3)cc2)=NN1c1cnccn1)N1CC(CF)C1. The molecule has 2 aromatic rings. The van der Waals surface area contributed by atoms with E-state index < -0.39 is 6.04 Å². The first-order valence-corrected chi connectivity index (χ1v) is 11.3. The molecule has 31 heavy (non-hydrogen) atoms. The summed E-state index contributed by atoms with van der Waals surface area (Å²) in [6, 6.07) is 8.16. The highest BCUT2D eigenvalue weighted by atomic mass is 19.1. The van der Waals surface area contributed by atoms with E-state index in [1.807, 2.05) is 0 Å². The lowest BCUT2D eigenvalue weighted by Crippen LogP contribution is -2.56. The Morgan fingerprint density at radius 2 is 1.84 bits per heavy atom. The number of anilines is 1. The third kappa shape index (κ3) is 4.18. The second kappa shape index (κ2) is 8.73. The molecule has 1 amide bonds. The summed E-state index contributed by atoms with van der Waals surface area (Å²) in [5, 5.41) is 6.45. The monoisotopic (exact) mass is 421 g/mol. The maximum atomic E-state index is 13.1. The lowest BCUT2D eigenvalue weighted by Gasteiger charge is -2.40. The first kappa shape index (κ1) is 20.1. The number of rotatable bonds is 6. The highest BCUT2D eigenvalue weighted by molar-refractivity contribution is 6.07. The zero-order chi connectivity index (χ0) is 21.2. The van der Waals surface area contributed by atoms with E-state index in [4.69, 9.17) is 5.10 Å². The summed E-state index contributed by atoms with van der Waals surface area (Å²) in [4.78, 5) is 23.4. The summed E-state index contributed by atoms with van der Waals surface area (Å²) in [5.74, 6) is 1.31. The van der Waals surface area contributed by atoms with Crippen LogP contribution in [0, 0.1) is 11.8 Å². The topological polar surface area (TPSA) is 61.7 Å². The molecular weight excluding hydrogens is 393 g/mol. The van der Waals surface area contributed by atoms with Crippen molar-refractivity contribution in [2.45, 2.75) is 44.6 Å². The number of alkyl halides is 1. The van der Waals surface area contributed by atoms with E-state index in [1.54, 1.807) is 28.5 Å². The number of carbonyl (C=O) groups excluding carboxylic acids is 1. The number of nitrogens with zero attached hydrogens (tertiary/aromatic N) is 5. The van der Waals surface area contributed by atoms with E-state index in [0.29, 0.717) is 25.3 Å². The van der Waals surface area contributed by atoms with Crippen LogP contribution in [0.2, 0.25) is 0 Å². The molecule has 0 radical (unpaired) electrons. The molecule has 2 aliphatic heterocycles. The van der Waals surface area contributed by atoms with E-state index in [-0.39, 0.29) is 18.5 Å². The normalized spacial score (nSPS) is 22.0. The van der Waals surface area contributed by atoms with Gasteiger partial charge in [-0.2, -0.15) is 5.10 Å². The Hall–Kier alpha value is -2.83. The molecule has 0 spiro atoms. The van der Waals surface area contributed by atoms with Gasteiger partial charge in [-0.15, -0.1) is 0 Å². The summed E-state index contributed by atoms with van der Waals surface area (Å²) in [7, 11) is 0. The van der Waals surface area contributed by atoms with Crippen LogP contribution in [0.25, 0.3) is 0 Å². The van der Waals surface area contributed by atoms with Gasteiger partial charge in [-0.25, -0.2) is 9.99 Å². The molecular formula is C24H28FN5O. The molecule has 0 bridgehead atoms. The summed E-state index contributed by atoms with van der Waals surface area (Å²) >= 11 is 0. The maximum absolute atomic E-state index is 13.1.